The summed E-state index contributed by atoms with van der Waals surface area (Å²) in [6, 6.07) is 5.66. The maximum absolute atomic E-state index is 10.2. The van der Waals surface area contributed by atoms with E-state index < -0.39 is 0 Å². The molecule has 0 bridgehead atoms. The third kappa shape index (κ3) is 1.87. The molecule has 0 radical (unpaired) electrons. The molecule has 0 unspecified atom stereocenters. The molecule has 0 N–H and O–H groups in total. The van der Waals surface area contributed by atoms with Crippen LogP contribution < -0.4 is 0 Å². The van der Waals surface area contributed by atoms with E-state index in [9.17, 15) is 4.91 Å². The van der Waals surface area contributed by atoms with Crippen LogP contribution in [0, 0.1) is 11.8 Å². The van der Waals surface area contributed by atoms with Gasteiger partial charge in [-0.25, -0.2) is 0 Å². The number of nitroso groups, excluding NO2 is 1. The van der Waals surface area contributed by atoms with Crippen LogP contribution in [0.3, 0.4) is 0 Å². The lowest BCUT2D eigenvalue weighted by Gasteiger charge is -1.98. The van der Waals surface area contributed by atoms with Crippen molar-refractivity contribution in [3.8, 4) is 0 Å². The zero-order valence-corrected chi connectivity index (χ0v) is 7.76. The van der Waals surface area contributed by atoms with Crippen molar-refractivity contribution >= 4 is 21.6 Å². The fourth-order valence-corrected chi connectivity index (χ4v) is 1.19. The summed E-state index contributed by atoms with van der Waals surface area (Å²) in [4.78, 5) is 10.2. The molecule has 3 heteroatoms. The van der Waals surface area contributed by atoms with Crippen LogP contribution in [0.2, 0.25) is 0 Å². The lowest BCUT2D eigenvalue weighted by molar-refractivity contribution is 1.33. The van der Waals surface area contributed by atoms with Gasteiger partial charge in [0, 0.05) is 5.33 Å². The molecule has 0 aromatic heterocycles. The van der Waals surface area contributed by atoms with Crippen molar-refractivity contribution in [1.82, 2.24) is 0 Å². The minimum absolute atomic E-state index is 0.530. The normalized spacial score (nSPS) is 9.64. The molecule has 0 spiro atoms. The van der Waals surface area contributed by atoms with Crippen LogP contribution in [0.15, 0.2) is 23.4 Å². The average molecular weight is 214 g/mol. The summed E-state index contributed by atoms with van der Waals surface area (Å²) in [5.74, 6) is 0. The van der Waals surface area contributed by atoms with Crippen molar-refractivity contribution in [3.05, 3.63) is 34.2 Å². The van der Waals surface area contributed by atoms with Crippen LogP contribution >= 0.6 is 15.9 Å². The highest BCUT2D eigenvalue weighted by atomic mass is 79.9. The van der Waals surface area contributed by atoms with E-state index in [4.69, 9.17) is 0 Å². The Kier molecular flexibility index (Phi) is 2.76. The zero-order valence-electron chi connectivity index (χ0n) is 6.17. The van der Waals surface area contributed by atoms with Crippen LogP contribution in [0.25, 0.3) is 0 Å². The van der Waals surface area contributed by atoms with E-state index in [1.165, 1.54) is 0 Å². The van der Waals surface area contributed by atoms with Crippen molar-refractivity contribution < 1.29 is 0 Å². The molecule has 2 nitrogen and oxygen atoms in total. The molecule has 1 aromatic carbocycles. The zero-order chi connectivity index (χ0) is 8.27. The van der Waals surface area contributed by atoms with Crippen molar-refractivity contribution in [3.63, 3.8) is 0 Å². The van der Waals surface area contributed by atoms with E-state index in [0.717, 1.165) is 16.5 Å². The molecule has 11 heavy (non-hydrogen) atoms. The van der Waals surface area contributed by atoms with Crippen molar-refractivity contribution in [2.75, 3.05) is 0 Å². The van der Waals surface area contributed by atoms with Gasteiger partial charge in [-0.05, 0) is 29.3 Å². The first-order chi connectivity index (χ1) is 5.27. The summed E-state index contributed by atoms with van der Waals surface area (Å²) in [6.07, 6.45) is 0. The molecule has 0 saturated heterocycles. The number of hydrogen-bond acceptors (Lipinski definition) is 2. The van der Waals surface area contributed by atoms with Gasteiger partial charge in [0.05, 0.1) is 0 Å². The Labute approximate surface area is 73.7 Å². The summed E-state index contributed by atoms with van der Waals surface area (Å²) in [5.41, 5.74) is 2.52. The molecular formula is C8H8BrNO. The number of aryl methyl sites for hydroxylation is 1. The highest BCUT2D eigenvalue weighted by Crippen LogP contribution is 2.20. The standard InChI is InChI=1S/C8H8BrNO/c1-6-2-3-7(5-9)4-8(6)10-11/h2-4H,5H2,1H3. The second-order valence-corrected chi connectivity index (χ2v) is 2.91. The molecule has 1 aromatic rings. The van der Waals surface area contributed by atoms with E-state index in [-0.39, 0.29) is 0 Å². The second-order valence-electron chi connectivity index (χ2n) is 2.35. The topological polar surface area (TPSA) is 29.4 Å². The van der Waals surface area contributed by atoms with Gasteiger partial charge in [-0.1, -0.05) is 28.1 Å². The van der Waals surface area contributed by atoms with Crippen LogP contribution in [0.1, 0.15) is 11.1 Å². The minimum Gasteiger partial charge on any atom is -0.145 e. The smallest absolute Gasteiger partial charge is 0.111 e. The number of halogens is 1. The third-order valence-electron chi connectivity index (χ3n) is 1.53. The monoisotopic (exact) mass is 213 g/mol. The fraction of sp³-hybridized carbons (Fsp3) is 0.250. The first-order valence-corrected chi connectivity index (χ1v) is 4.39. The molecule has 0 aliphatic rings. The molecule has 0 saturated carbocycles. The van der Waals surface area contributed by atoms with Crippen molar-refractivity contribution in [2.45, 2.75) is 12.3 Å². The summed E-state index contributed by atoms with van der Waals surface area (Å²) in [7, 11) is 0. The fourth-order valence-electron chi connectivity index (χ4n) is 0.836. The van der Waals surface area contributed by atoms with Gasteiger partial charge < -0.3 is 0 Å². The van der Waals surface area contributed by atoms with Gasteiger partial charge >= 0.3 is 0 Å². The Balaban J connectivity index is 3.12. The second kappa shape index (κ2) is 3.62. The summed E-state index contributed by atoms with van der Waals surface area (Å²) < 4.78 is 0. The maximum Gasteiger partial charge on any atom is 0.111 e. The number of rotatable bonds is 2. The average Bonchev–Trinajstić information content (AvgIpc) is 2.05. The van der Waals surface area contributed by atoms with Gasteiger partial charge in [0.15, 0.2) is 0 Å². The van der Waals surface area contributed by atoms with Crippen molar-refractivity contribution in [1.29, 1.82) is 0 Å². The SMILES string of the molecule is Cc1ccc(CBr)cc1N=O. The first-order valence-electron chi connectivity index (χ1n) is 3.27. The Morgan fingerprint density at radius 3 is 2.82 bits per heavy atom. The van der Waals surface area contributed by atoms with E-state index >= 15 is 0 Å². The molecule has 58 valence electrons. The molecule has 0 atom stereocenters. The molecule has 0 amide bonds. The van der Waals surface area contributed by atoms with Gasteiger partial charge in [0.2, 0.25) is 0 Å². The molecule has 0 fully saturated rings. The maximum atomic E-state index is 10.2. The predicted molar refractivity (Wildman–Crippen MR) is 49.3 cm³/mol. The first kappa shape index (κ1) is 8.40. The summed E-state index contributed by atoms with van der Waals surface area (Å²) >= 11 is 3.30. The van der Waals surface area contributed by atoms with Crippen LogP contribution in [0.4, 0.5) is 5.69 Å². The number of nitrogens with zero attached hydrogens (tertiary/aromatic N) is 1. The van der Waals surface area contributed by atoms with E-state index in [1.807, 2.05) is 19.1 Å². The molecular weight excluding hydrogens is 206 g/mol. The largest absolute Gasteiger partial charge is 0.145 e. The molecule has 0 aliphatic heterocycles. The summed E-state index contributed by atoms with van der Waals surface area (Å²) in [5, 5.41) is 3.67. The number of hydrogen-bond donors (Lipinski definition) is 0. The lowest BCUT2D eigenvalue weighted by atomic mass is 10.1. The van der Waals surface area contributed by atoms with E-state index in [1.54, 1.807) is 6.07 Å². The Hall–Kier alpha value is -0.700. The van der Waals surface area contributed by atoms with Crippen LogP contribution in [-0.2, 0) is 5.33 Å². The van der Waals surface area contributed by atoms with Gasteiger partial charge in [0.25, 0.3) is 0 Å². The third-order valence-corrected chi connectivity index (χ3v) is 2.17. The van der Waals surface area contributed by atoms with Gasteiger partial charge in [-0.15, -0.1) is 4.91 Å². The minimum atomic E-state index is 0.530. The molecule has 1 rings (SSSR count). The Morgan fingerprint density at radius 2 is 2.27 bits per heavy atom. The predicted octanol–water partition coefficient (Wildman–Crippen LogP) is 3.29. The molecule has 0 heterocycles. The van der Waals surface area contributed by atoms with Crippen molar-refractivity contribution in [2.24, 2.45) is 5.18 Å². The van der Waals surface area contributed by atoms with Gasteiger partial charge in [-0.3, -0.25) is 0 Å². The van der Waals surface area contributed by atoms with Crippen LogP contribution in [0.5, 0.6) is 0 Å². The Bertz CT molecular complexity index is 273. The van der Waals surface area contributed by atoms with Gasteiger partial charge in [0.1, 0.15) is 5.69 Å². The van der Waals surface area contributed by atoms with Crippen LogP contribution in [-0.4, -0.2) is 0 Å². The highest BCUT2D eigenvalue weighted by molar-refractivity contribution is 9.08. The quantitative estimate of drug-likeness (QED) is 0.548. The lowest BCUT2D eigenvalue weighted by Crippen LogP contribution is -1.78. The van der Waals surface area contributed by atoms with Gasteiger partial charge in [-0.2, -0.15) is 0 Å². The van der Waals surface area contributed by atoms with E-state index in [0.29, 0.717) is 5.69 Å². The number of alkyl halides is 1. The number of benzene rings is 1. The molecule has 0 aliphatic carbocycles. The highest BCUT2D eigenvalue weighted by Gasteiger charge is 1.98. The Morgan fingerprint density at radius 1 is 1.55 bits per heavy atom. The summed E-state index contributed by atoms with van der Waals surface area (Å²) in [6.45, 7) is 1.87. The van der Waals surface area contributed by atoms with E-state index in [2.05, 4.69) is 21.1 Å².